The van der Waals surface area contributed by atoms with Crippen LogP contribution in [0.5, 0.6) is 0 Å². The van der Waals surface area contributed by atoms with Crippen molar-refractivity contribution in [2.24, 2.45) is 5.92 Å². The second-order valence-electron chi connectivity index (χ2n) is 4.55. The minimum absolute atomic E-state index is 0.107. The van der Waals surface area contributed by atoms with Gasteiger partial charge in [-0.05, 0) is 25.5 Å². The van der Waals surface area contributed by atoms with Crippen LogP contribution >= 0.6 is 0 Å². The molecule has 2 atom stereocenters. The van der Waals surface area contributed by atoms with Gasteiger partial charge in [0.1, 0.15) is 0 Å². The number of alkyl halides is 3. The molecule has 1 aliphatic heterocycles. The lowest BCUT2D eigenvalue weighted by Gasteiger charge is -2.18. The molecule has 1 fully saturated rings. The Hall–Kier alpha value is -1.23. The quantitative estimate of drug-likeness (QED) is 0.896. The van der Waals surface area contributed by atoms with Crippen molar-refractivity contribution in [2.75, 3.05) is 18.5 Å². The summed E-state index contributed by atoms with van der Waals surface area (Å²) in [6.07, 6.45) is -3.32. The van der Waals surface area contributed by atoms with Crippen LogP contribution in [0.3, 0.4) is 0 Å². The Morgan fingerprint density at radius 3 is 2.67 bits per heavy atom. The fraction of sp³-hybridized carbons (Fsp3) is 0.538. The maximum Gasteiger partial charge on any atom is 0.418 e. The third kappa shape index (κ3) is 2.96. The van der Waals surface area contributed by atoms with Gasteiger partial charge in [-0.1, -0.05) is 12.1 Å². The Labute approximate surface area is 104 Å². The number of nitrogens with one attached hydrogen (secondary N) is 1. The van der Waals surface area contributed by atoms with E-state index in [1.54, 1.807) is 6.07 Å². The van der Waals surface area contributed by atoms with Crippen LogP contribution in [0.1, 0.15) is 18.9 Å². The highest BCUT2D eigenvalue weighted by Crippen LogP contribution is 2.34. The van der Waals surface area contributed by atoms with Gasteiger partial charge < -0.3 is 10.1 Å². The minimum atomic E-state index is -4.32. The number of hydrogen-bond donors (Lipinski definition) is 1. The Bertz CT molecular complexity index is 405. The molecule has 0 bridgehead atoms. The van der Waals surface area contributed by atoms with E-state index >= 15 is 0 Å². The van der Waals surface area contributed by atoms with Gasteiger partial charge in [0.25, 0.3) is 0 Å². The van der Waals surface area contributed by atoms with Crippen molar-refractivity contribution >= 4 is 5.69 Å². The molecule has 1 aliphatic rings. The van der Waals surface area contributed by atoms with E-state index in [0.717, 1.165) is 12.5 Å². The molecule has 2 unspecified atom stereocenters. The first-order valence-electron chi connectivity index (χ1n) is 6.00. The van der Waals surface area contributed by atoms with Crippen molar-refractivity contribution in [3.05, 3.63) is 29.8 Å². The van der Waals surface area contributed by atoms with E-state index in [2.05, 4.69) is 5.32 Å². The van der Waals surface area contributed by atoms with Gasteiger partial charge in [-0.25, -0.2) is 0 Å². The van der Waals surface area contributed by atoms with E-state index in [1.807, 2.05) is 6.92 Å². The highest BCUT2D eigenvalue weighted by Gasteiger charge is 2.33. The number of para-hydroxylation sites is 1. The Morgan fingerprint density at radius 2 is 2.06 bits per heavy atom. The van der Waals surface area contributed by atoms with E-state index in [1.165, 1.54) is 12.1 Å². The summed E-state index contributed by atoms with van der Waals surface area (Å²) in [6, 6.07) is 5.56. The van der Waals surface area contributed by atoms with Crippen LogP contribution < -0.4 is 5.32 Å². The lowest BCUT2D eigenvalue weighted by atomic mass is 10.0. The predicted octanol–water partition coefficient (Wildman–Crippen LogP) is 3.54. The summed E-state index contributed by atoms with van der Waals surface area (Å²) in [6.45, 7) is 3.15. The molecule has 100 valence electrons. The van der Waals surface area contributed by atoms with Crippen molar-refractivity contribution < 1.29 is 17.9 Å². The Kier molecular flexibility index (Phi) is 3.80. The summed E-state index contributed by atoms with van der Waals surface area (Å²) < 4.78 is 43.7. The average molecular weight is 259 g/mol. The molecule has 0 aliphatic carbocycles. The summed E-state index contributed by atoms with van der Waals surface area (Å²) in [4.78, 5) is 0. The van der Waals surface area contributed by atoms with Gasteiger partial charge in [0.15, 0.2) is 0 Å². The molecule has 5 heteroatoms. The zero-order valence-electron chi connectivity index (χ0n) is 10.1. The van der Waals surface area contributed by atoms with Crippen LogP contribution in [-0.4, -0.2) is 19.3 Å². The fourth-order valence-electron chi connectivity index (χ4n) is 2.17. The maximum absolute atomic E-state index is 12.8. The normalized spacial score (nSPS) is 24.2. The first-order chi connectivity index (χ1) is 8.48. The van der Waals surface area contributed by atoms with Crippen molar-refractivity contribution in [1.29, 1.82) is 0 Å². The second kappa shape index (κ2) is 5.18. The summed E-state index contributed by atoms with van der Waals surface area (Å²) in [5.74, 6) is 0.270. The van der Waals surface area contributed by atoms with E-state index in [4.69, 9.17) is 4.74 Å². The molecule has 0 spiro atoms. The van der Waals surface area contributed by atoms with Gasteiger partial charge in [-0.15, -0.1) is 0 Å². The molecule has 1 aromatic carbocycles. The summed E-state index contributed by atoms with van der Waals surface area (Å²) in [5.41, 5.74) is -0.472. The van der Waals surface area contributed by atoms with Crippen LogP contribution in [0.15, 0.2) is 24.3 Å². The summed E-state index contributed by atoms with van der Waals surface area (Å²) in [5, 5.41) is 2.89. The molecule has 1 aromatic rings. The monoisotopic (exact) mass is 259 g/mol. The molecule has 1 heterocycles. The zero-order valence-corrected chi connectivity index (χ0v) is 10.1. The smallest absolute Gasteiger partial charge is 0.384 e. The molecule has 0 saturated carbocycles. The fourth-order valence-corrected chi connectivity index (χ4v) is 2.17. The van der Waals surface area contributed by atoms with E-state index in [0.29, 0.717) is 13.2 Å². The molecule has 2 nitrogen and oxygen atoms in total. The highest BCUT2D eigenvalue weighted by molar-refractivity contribution is 5.52. The summed E-state index contributed by atoms with van der Waals surface area (Å²) >= 11 is 0. The van der Waals surface area contributed by atoms with E-state index < -0.39 is 11.7 Å². The van der Waals surface area contributed by atoms with Crippen molar-refractivity contribution in [2.45, 2.75) is 25.6 Å². The number of benzene rings is 1. The number of hydrogen-bond acceptors (Lipinski definition) is 2. The van der Waals surface area contributed by atoms with Crippen LogP contribution in [0.25, 0.3) is 0 Å². The largest absolute Gasteiger partial charge is 0.418 e. The highest BCUT2D eigenvalue weighted by atomic mass is 19.4. The lowest BCUT2D eigenvalue weighted by Crippen LogP contribution is -2.22. The van der Waals surface area contributed by atoms with Crippen LogP contribution in [0.2, 0.25) is 0 Å². The van der Waals surface area contributed by atoms with Gasteiger partial charge in [0.2, 0.25) is 0 Å². The molecule has 18 heavy (non-hydrogen) atoms. The number of ether oxygens (including phenoxy) is 1. The predicted molar refractivity (Wildman–Crippen MR) is 63.5 cm³/mol. The number of rotatable bonds is 3. The van der Waals surface area contributed by atoms with Crippen LogP contribution in [-0.2, 0) is 10.9 Å². The SMILES string of the molecule is CC1OCCC1CNc1ccccc1C(F)(F)F. The van der Waals surface area contributed by atoms with Gasteiger partial charge in [-0.2, -0.15) is 13.2 Å². The third-order valence-electron chi connectivity index (χ3n) is 3.32. The first kappa shape index (κ1) is 13.2. The Morgan fingerprint density at radius 1 is 1.33 bits per heavy atom. The topological polar surface area (TPSA) is 21.3 Å². The van der Waals surface area contributed by atoms with Gasteiger partial charge >= 0.3 is 6.18 Å². The minimum Gasteiger partial charge on any atom is -0.384 e. The number of halogens is 3. The molecule has 0 aromatic heterocycles. The zero-order chi connectivity index (χ0) is 13.2. The van der Waals surface area contributed by atoms with Gasteiger partial charge in [0.05, 0.1) is 11.7 Å². The van der Waals surface area contributed by atoms with Gasteiger partial charge in [-0.3, -0.25) is 0 Å². The molecule has 0 amide bonds. The second-order valence-corrected chi connectivity index (χ2v) is 4.55. The van der Waals surface area contributed by atoms with Crippen LogP contribution in [0, 0.1) is 5.92 Å². The standard InChI is InChI=1S/C13H16F3NO/c1-9-10(6-7-18-9)8-17-12-5-3-2-4-11(12)13(14,15)16/h2-5,9-10,17H,6-8H2,1H3. The van der Waals surface area contributed by atoms with Crippen molar-refractivity contribution in [3.8, 4) is 0 Å². The third-order valence-corrected chi connectivity index (χ3v) is 3.32. The van der Waals surface area contributed by atoms with Crippen molar-refractivity contribution in [3.63, 3.8) is 0 Å². The average Bonchev–Trinajstić information content (AvgIpc) is 2.71. The molecule has 1 N–H and O–H groups in total. The van der Waals surface area contributed by atoms with E-state index in [-0.39, 0.29) is 17.7 Å². The van der Waals surface area contributed by atoms with E-state index in [9.17, 15) is 13.2 Å². The molecule has 2 rings (SSSR count). The first-order valence-corrected chi connectivity index (χ1v) is 6.00. The number of anilines is 1. The van der Waals surface area contributed by atoms with Crippen molar-refractivity contribution in [1.82, 2.24) is 0 Å². The molecular weight excluding hydrogens is 243 g/mol. The van der Waals surface area contributed by atoms with Gasteiger partial charge in [0, 0.05) is 24.8 Å². The molecule has 0 radical (unpaired) electrons. The Balaban J connectivity index is 2.05. The molecule has 1 saturated heterocycles. The lowest BCUT2D eigenvalue weighted by molar-refractivity contribution is -0.136. The van der Waals surface area contributed by atoms with Crippen LogP contribution in [0.4, 0.5) is 18.9 Å². The maximum atomic E-state index is 12.8. The summed E-state index contributed by atoms with van der Waals surface area (Å²) in [7, 11) is 0. The molecular formula is C13H16F3NO.